The summed E-state index contributed by atoms with van der Waals surface area (Å²) in [5.41, 5.74) is 2.44. The Kier molecular flexibility index (Phi) is 4.10. The van der Waals surface area contributed by atoms with E-state index in [2.05, 4.69) is 5.32 Å². The Labute approximate surface area is 133 Å². The molecule has 0 saturated heterocycles. The van der Waals surface area contributed by atoms with Gasteiger partial charge in [0.1, 0.15) is 5.69 Å². The van der Waals surface area contributed by atoms with Crippen LogP contribution in [0.4, 0.5) is 5.69 Å². The van der Waals surface area contributed by atoms with Crippen LogP contribution in [0.25, 0.3) is 11.4 Å². The first-order valence-electron chi connectivity index (χ1n) is 7.45. The Balaban J connectivity index is 2.38. The van der Waals surface area contributed by atoms with Gasteiger partial charge in [0.15, 0.2) is 0 Å². The van der Waals surface area contributed by atoms with E-state index in [1.807, 2.05) is 72.3 Å². The molecule has 3 aromatic rings. The van der Waals surface area contributed by atoms with Crippen LogP contribution in [0.3, 0.4) is 0 Å². The van der Waals surface area contributed by atoms with Crippen LogP contribution in [0.5, 0.6) is 0 Å². The standard InChI is InChI=1S/C18H17N3O2/c1-2-16-17(19-13-22)18(23)21(15-11-7-4-8-12-15)20(16)14-9-5-3-6-10-14/h3-13H,2H2,1H3,(H,19,22). The van der Waals surface area contributed by atoms with Gasteiger partial charge in [-0.05, 0) is 30.7 Å². The minimum Gasteiger partial charge on any atom is -0.323 e. The lowest BCUT2D eigenvalue weighted by Gasteiger charge is -2.14. The molecular weight excluding hydrogens is 290 g/mol. The highest BCUT2D eigenvalue weighted by atomic mass is 16.1. The molecule has 0 unspecified atom stereocenters. The molecule has 1 N–H and O–H groups in total. The maximum atomic E-state index is 12.9. The van der Waals surface area contributed by atoms with Crippen LogP contribution in [-0.2, 0) is 11.2 Å². The highest BCUT2D eigenvalue weighted by Crippen LogP contribution is 2.21. The molecule has 0 bridgehead atoms. The van der Waals surface area contributed by atoms with E-state index in [-0.39, 0.29) is 5.56 Å². The molecule has 0 saturated carbocycles. The number of anilines is 1. The fourth-order valence-corrected chi connectivity index (χ4v) is 2.72. The molecule has 23 heavy (non-hydrogen) atoms. The minimum absolute atomic E-state index is 0.246. The molecule has 5 heteroatoms. The van der Waals surface area contributed by atoms with Crippen LogP contribution in [0, 0.1) is 0 Å². The quantitative estimate of drug-likeness (QED) is 0.737. The third-order valence-electron chi connectivity index (χ3n) is 3.69. The van der Waals surface area contributed by atoms with Crippen LogP contribution in [-0.4, -0.2) is 15.8 Å². The van der Waals surface area contributed by atoms with Crippen molar-refractivity contribution in [3.05, 3.63) is 76.7 Å². The van der Waals surface area contributed by atoms with Gasteiger partial charge >= 0.3 is 0 Å². The molecule has 0 fully saturated rings. The van der Waals surface area contributed by atoms with Gasteiger partial charge in [0, 0.05) is 0 Å². The van der Waals surface area contributed by atoms with Gasteiger partial charge < -0.3 is 5.32 Å². The zero-order valence-corrected chi connectivity index (χ0v) is 12.8. The molecule has 2 aromatic carbocycles. The maximum absolute atomic E-state index is 12.9. The number of amides is 1. The molecule has 0 spiro atoms. The number of hydrogen-bond acceptors (Lipinski definition) is 2. The average Bonchev–Trinajstić information content (AvgIpc) is 2.89. The van der Waals surface area contributed by atoms with Crippen LogP contribution in [0.15, 0.2) is 65.5 Å². The molecule has 5 nitrogen and oxygen atoms in total. The van der Waals surface area contributed by atoms with E-state index in [4.69, 9.17) is 0 Å². The van der Waals surface area contributed by atoms with Gasteiger partial charge in [0.2, 0.25) is 6.41 Å². The fraction of sp³-hybridized carbons (Fsp3) is 0.111. The third kappa shape index (κ3) is 2.57. The van der Waals surface area contributed by atoms with Gasteiger partial charge in [-0.1, -0.05) is 43.3 Å². The summed E-state index contributed by atoms with van der Waals surface area (Å²) in [6.45, 7) is 1.96. The lowest BCUT2D eigenvalue weighted by molar-refractivity contribution is -0.105. The van der Waals surface area contributed by atoms with Crippen molar-refractivity contribution >= 4 is 12.1 Å². The molecule has 0 aliphatic heterocycles. The van der Waals surface area contributed by atoms with Crippen molar-refractivity contribution < 1.29 is 4.79 Å². The van der Waals surface area contributed by atoms with E-state index in [9.17, 15) is 9.59 Å². The number of para-hydroxylation sites is 2. The zero-order chi connectivity index (χ0) is 16.2. The highest BCUT2D eigenvalue weighted by molar-refractivity contribution is 5.73. The second kappa shape index (κ2) is 6.36. The summed E-state index contributed by atoms with van der Waals surface area (Å²) in [5.74, 6) is 0. The number of aromatic nitrogens is 2. The summed E-state index contributed by atoms with van der Waals surface area (Å²) in [6, 6.07) is 19.0. The van der Waals surface area contributed by atoms with E-state index in [1.54, 1.807) is 4.68 Å². The zero-order valence-electron chi connectivity index (χ0n) is 12.8. The molecule has 1 aromatic heterocycles. The van der Waals surface area contributed by atoms with Crippen LogP contribution in [0.1, 0.15) is 12.6 Å². The molecule has 0 aliphatic rings. The monoisotopic (exact) mass is 307 g/mol. The lowest BCUT2D eigenvalue weighted by Crippen LogP contribution is -2.21. The fourth-order valence-electron chi connectivity index (χ4n) is 2.72. The Morgan fingerprint density at radius 3 is 1.91 bits per heavy atom. The normalized spacial score (nSPS) is 10.5. The summed E-state index contributed by atoms with van der Waals surface area (Å²) in [6.07, 6.45) is 1.15. The summed E-state index contributed by atoms with van der Waals surface area (Å²) >= 11 is 0. The largest absolute Gasteiger partial charge is 0.323 e. The first-order valence-corrected chi connectivity index (χ1v) is 7.45. The summed E-state index contributed by atoms with van der Waals surface area (Å²) < 4.78 is 3.43. The van der Waals surface area contributed by atoms with Crippen molar-refractivity contribution in [2.75, 3.05) is 5.32 Å². The van der Waals surface area contributed by atoms with Gasteiger partial charge in [-0.15, -0.1) is 0 Å². The Morgan fingerprint density at radius 1 is 0.913 bits per heavy atom. The van der Waals surface area contributed by atoms with Gasteiger partial charge in [0.25, 0.3) is 5.56 Å². The van der Waals surface area contributed by atoms with E-state index in [0.717, 1.165) is 17.1 Å². The molecule has 1 amide bonds. The Hall–Kier alpha value is -3.08. The van der Waals surface area contributed by atoms with Gasteiger partial charge in [0.05, 0.1) is 17.1 Å². The second-order valence-corrected chi connectivity index (χ2v) is 5.04. The summed E-state index contributed by atoms with van der Waals surface area (Å²) in [7, 11) is 0. The highest BCUT2D eigenvalue weighted by Gasteiger charge is 2.20. The molecule has 3 rings (SSSR count). The molecule has 0 atom stereocenters. The maximum Gasteiger partial charge on any atom is 0.295 e. The number of nitrogens with one attached hydrogen (secondary N) is 1. The van der Waals surface area contributed by atoms with Gasteiger partial charge in [-0.25, -0.2) is 9.36 Å². The Morgan fingerprint density at radius 2 is 1.43 bits per heavy atom. The molecule has 1 heterocycles. The lowest BCUT2D eigenvalue weighted by atomic mass is 10.2. The predicted molar refractivity (Wildman–Crippen MR) is 90.4 cm³/mol. The van der Waals surface area contributed by atoms with Crippen molar-refractivity contribution in [3.8, 4) is 11.4 Å². The van der Waals surface area contributed by atoms with Crippen molar-refractivity contribution in [2.45, 2.75) is 13.3 Å². The first kappa shape index (κ1) is 14.8. The average molecular weight is 307 g/mol. The topological polar surface area (TPSA) is 56.0 Å². The van der Waals surface area contributed by atoms with E-state index < -0.39 is 0 Å². The molecule has 0 aliphatic carbocycles. The van der Waals surface area contributed by atoms with E-state index in [1.165, 1.54) is 0 Å². The van der Waals surface area contributed by atoms with Crippen molar-refractivity contribution in [2.24, 2.45) is 0 Å². The van der Waals surface area contributed by atoms with Crippen molar-refractivity contribution in [1.82, 2.24) is 9.36 Å². The molecular formula is C18H17N3O2. The summed E-state index contributed by atoms with van der Waals surface area (Å²) in [5, 5.41) is 2.56. The SMILES string of the molecule is CCc1c(NC=O)c(=O)n(-c2ccccc2)n1-c1ccccc1. The van der Waals surface area contributed by atoms with Crippen LogP contribution in [0.2, 0.25) is 0 Å². The number of benzene rings is 2. The van der Waals surface area contributed by atoms with E-state index >= 15 is 0 Å². The molecule has 116 valence electrons. The number of hydrogen-bond donors (Lipinski definition) is 1. The Bertz CT molecular complexity index is 865. The second-order valence-electron chi connectivity index (χ2n) is 5.04. The predicted octanol–water partition coefficient (Wildman–Crippen LogP) is 2.76. The first-order chi connectivity index (χ1) is 11.3. The van der Waals surface area contributed by atoms with Gasteiger partial charge in [-0.3, -0.25) is 9.59 Å². The smallest absolute Gasteiger partial charge is 0.295 e. The van der Waals surface area contributed by atoms with Crippen molar-refractivity contribution in [1.29, 1.82) is 0 Å². The molecule has 0 radical (unpaired) electrons. The number of nitrogens with zero attached hydrogens (tertiary/aromatic N) is 2. The van der Waals surface area contributed by atoms with Crippen LogP contribution >= 0.6 is 0 Å². The summed E-state index contributed by atoms with van der Waals surface area (Å²) in [4.78, 5) is 23.8. The minimum atomic E-state index is -0.246. The number of carbonyl (C=O) groups is 1. The number of carbonyl (C=O) groups excluding carboxylic acids is 1. The van der Waals surface area contributed by atoms with E-state index in [0.29, 0.717) is 18.5 Å². The van der Waals surface area contributed by atoms with Crippen molar-refractivity contribution in [3.63, 3.8) is 0 Å². The number of rotatable bonds is 5. The van der Waals surface area contributed by atoms with Crippen LogP contribution < -0.4 is 10.9 Å². The van der Waals surface area contributed by atoms with Gasteiger partial charge in [-0.2, -0.15) is 0 Å². The third-order valence-corrected chi connectivity index (χ3v) is 3.69.